The first kappa shape index (κ1) is 10.6. The van der Waals surface area contributed by atoms with Gasteiger partial charge in [-0.1, -0.05) is 12.5 Å². The quantitative estimate of drug-likeness (QED) is 0.389. The van der Waals surface area contributed by atoms with E-state index in [2.05, 4.69) is 4.99 Å². The van der Waals surface area contributed by atoms with E-state index in [-0.39, 0.29) is 12.1 Å². The largest absolute Gasteiger partial charge is 0.478 e. The minimum absolute atomic E-state index is 0.0848. The Morgan fingerprint density at radius 3 is 2.50 bits per heavy atom. The van der Waals surface area contributed by atoms with E-state index in [9.17, 15) is 9.59 Å². The molecule has 0 bridgehead atoms. The van der Waals surface area contributed by atoms with Gasteiger partial charge in [-0.25, -0.2) is 14.6 Å². The lowest BCUT2D eigenvalue weighted by Crippen LogP contribution is -2.06. The number of allylic oxidation sites excluding steroid dienone is 1. The summed E-state index contributed by atoms with van der Waals surface area (Å²) in [6.07, 6.45) is 1.96. The van der Waals surface area contributed by atoms with Crippen LogP contribution in [0.15, 0.2) is 16.1 Å². The average Bonchev–Trinajstić information content (AvgIpc) is 2.04. The van der Waals surface area contributed by atoms with E-state index < -0.39 is 5.97 Å². The molecular weight excluding hydrogens is 158 g/mol. The fraction of sp³-hybridized carbons (Fsp3) is 0.500. The van der Waals surface area contributed by atoms with Crippen molar-refractivity contribution < 1.29 is 14.7 Å². The van der Waals surface area contributed by atoms with Gasteiger partial charge < -0.3 is 5.11 Å². The van der Waals surface area contributed by atoms with Gasteiger partial charge in [-0.15, -0.1) is 0 Å². The zero-order chi connectivity index (χ0) is 9.56. The summed E-state index contributed by atoms with van der Waals surface area (Å²) < 4.78 is 0. The van der Waals surface area contributed by atoms with Crippen LogP contribution in [0, 0.1) is 0 Å². The topological polar surface area (TPSA) is 66.7 Å². The highest BCUT2D eigenvalue weighted by Crippen LogP contribution is 2.08. The lowest BCUT2D eigenvalue weighted by molar-refractivity contribution is -0.132. The SMILES string of the molecule is CCC(C)=C(CN=C=O)C(=O)O. The number of carboxylic acids is 1. The number of carbonyl (C=O) groups is 1. The smallest absolute Gasteiger partial charge is 0.333 e. The molecule has 0 amide bonds. The van der Waals surface area contributed by atoms with Gasteiger partial charge in [-0.2, -0.15) is 0 Å². The van der Waals surface area contributed by atoms with Crippen molar-refractivity contribution in [3.05, 3.63) is 11.1 Å². The molecule has 0 atom stereocenters. The average molecular weight is 169 g/mol. The van der Waals surface area contributed by atoms with E-state index in [1.54, 1.807) is 6.92 Å². The van der Waals surface area contributed by atoms with Crippen LogP contribution in [0.4, 0.5) is 0 Å². The zero-order valence-electron chi connectivity index (χ0n) is 7.13. The number of nitrogens with zero attached hydrogens (tertiary/aromatic N) is 1. The summed E-state index contributed by atoms with van der Waals surface area (Å²) in [5, 5.41) is 8.65. The summed E-state index contributed by atoms with van der Waals surface area (Å²) in [6.45, 7) is 3.48. The monoisotopic (exact) mass is 169 g/mol. The highest BCUT2D eigenvalue weighted by Gasteiger charge is 2.08. The summed E-state index contributed by atoms with van der Waals surface area (Å²) in [5.41, 5.74) is 0.919. The van der Waals surface area contributed by atoms with Gasteiger partial charge in [0.15, 0.2) is 0 Å². The van der Waals surface area contributed by atoms with Crippen LogP contribution < -0.4 is 0 Å². The molecule has 0 aliphatic rings. The lowest BCUT2D eigenvalue weighted by atomic mass is 10.1. The molecule has 66 valence electrons. The molecule has 0 radical (unpaired) electrons. The van der Waals surface area contributed by atoms with Crippen LogP contribution in [-0.4, -0.2) is 23.7 Å². The molecule has 0 heterocycles. The van der Waals surface area contributed by atoms with Crippen molar-refractivity contribution in [1.82, 2.24) is 0 Å². The Morgan fingerprint density at radius 1 is 1.58 bits per heavy atom. The molecule has 0 aliphatic carbocycles. The Hall–Kier alpha value is -1.41. The van der Waals surface area contributed by atoms with Crippen molar-refractivity contribution in [2.45, 2.75) is 20.3 Å². The highest BCUT2D eigenvalue weighted by molar-refractivity contribution is 5.88. The Kier molecular flexibility index (Phi) is 4.65. The Balaban J connectivity index is 4.65. The van der Waals surface area contributed by atoms with E-state index in [1.807, 2.05) is 6.92 Å². The van der Waals surface area contributed by atoms with Crippen molar-refractivity contribution in [1.29, 1.82) is 0 Å². The molecule has 4 nitrogen and oxygen atoms in total. The molecule has 0 unspecified atom stereocenters. The summed E-state index contributed by atoms with van der Waals surface area (Å²) >= 11 is 0. The van der Waals surface area contributed by atoms with Crippen molar-refractivity contribution in [2.75, 3.05) is 6.54 Å². The maximum atomic E-state index is 10.6. The Morgan fingerprint density at radius 2 is 2.17 bits per heavy atom. The maximum Gasteiger partial charge on any atom is 0.333 e. The number of rotatable bonds is 4. The van der Waals surface area contributed by atoms with Gasteiger partial charge in [-0.05, 0) is 13.3 Å². The third-order valence-corrected chi connectivity index (χ3v) is 1.61. The molecule has 4 heteroatoms. The summed E-state index contributed by atoms with van der Waals surface area (Å²) in [6, 6.07) is 0. The molecule has 0 rings (SSSR count). The molecule has 0 aromatic carbocycles. The van der Waals surface area contributed by atoms with Crippen LogP contribution in [-0.2, 0) is 9.59 Å². The molecule has 1 N–H and O–H groups in total. The first-order chi connectivity index (χ1) is 5.63. The predicted molar refractivity (Wildman–Crippen MR) is 43.6 cm³/mol. The van der Waals surface area contributed by atoms with E-state index in [0.717, 1.165) is 5.57 Å². The van der Waals surface area contributed by atoms with E-state index >= 15 is 0 Å². The number of aliphatic carboxylic acids is 1. The number of carboxylic acid groups (broad SMARTS) is 1. The molecule has 0 aromatic heterocycles. The summed E-state index contributed by atoms with van der Waals surface area (Å²) in [4.78, 5) is 23.5. The Bertz CT molecular complexity index is 249. The fourth-order valence-electron chi connectivity index (χ4n) is 0.710. The molecule has 0 spiro atoms. The first-order valence-corrected chi connectivity index (χ1v) is 3.59. The molecule has 0 aliphatic heterocycles. The van der Waals surface area contributed by atoms with Gasteiger partial charge in [0.25, 0.3) is 0 Å². The molecule has 0 fully saturated rings. The van der Waals surface area contributed by atoms with Gasteiger partial charge in [-0.3, -0.25) is 0 Å². The Labute approximate surface area is 70.6 Å². The second-order valence-corrected chi connectivity index (χ2v) is 2.33. The zero-order valence-corrected chi connectivity index (χ0v) is 7.13. The van der Waals surface area contributed by atoms with Gasteiger partial charge in [0.05, 0.1) is 12.1 Å². The first-order valence-electron chi connectivity index (χ1n) is 3.59. The van der Waals surface area contributed by atoms with Crippen molar-refractivity contribution in [2.24, 2.45) is 4.99 Å². The standard InChI is InChI=1S/C8H11NO3/c1-3-6(2)7(8(11)12)4-9-5-10/h3-4H2,1-2H3,(H,11,12). The van der Waals surface area contributed by atoms with Crippen LogP contribution in [0.1, 0.15) is 20.3 Å². The van der Waals surface area contributed by atoms with Crippen LogP contribution in [0.2, 0.25) is 0 Å². The molecule has 12 heavy (non-hydrogen) atoms. The van der Waals surface area contributed by atoms with E-state index in [4.69, 9.17) is 5.11 Å². The lowest BCUT2D eigenvalue weighted by Gasteiger charge is -2.01. The van der Waals surface area contributed by atoms with Crippen LogP contribution in [0.5, 0.6) is 0 Å². The van der Waals surface area contributed by atoms with Crippen molar-refractivity contribution in [3.8, 4) is 0 Å². The number of hydrogen-bond donors (Lipinski definition) is 1. The van der Waals surface area contributed by atoms with Gasteiger partial charge in [0.1, 0.15) is 0 Å². The van der Waals surface area contributed by atoms with Crippen LogP contribution in [0.3, 0.4) is 0 Å². The second kappa shape index (κ2) is 5.27. The molecule has 0 aromatic rings. The second-order valence-electron chi connectivity index (χ2n) is 2.33. The number of carbonyl (C=O) groups excluding carboxylic acids is 1. The summed E-state index contributed by atoms with van der Waals surface area (Å²) in [7, 11) is 0. The maximum absolute atomic E-state index is 10.6. The number of hydrogen-bond acceptors (Lipinski definition) is 3. The fourth-order valence-corrected chi connectivity index (χ4v) is 0.710. The summed E-state index contributed by atoms with van der Waals surface area (Å²) in [5.74, 6) is -1.02. The third kappa shape index (κ3) is 3.12. The normalized spacial score (nSPS) is 11.5. The predicted octanol–water partition coefficient (Wildman–Crippen LogP) is 1.13. The van der Waals surface area contributed by atoms with Gasteiger partial charge in [0.2, 0.25) is 6.08 Å². The van der Waals surface area contributed by atoms with Crippen LogP contribution >= 0.6 is 0 Å². The minimum atomic E-state index is -1.02. The number of aliphatic imine (C=N–C) groups is 1. The molecule has 0 saturated heterocycles. The van der Waals surface area contributed by atoms with E-state index in [0.29, 0.717) is 6.42 Å². The minimum Gasteiger partial charge on any atom is -0.478 e. The van der Waals surface area contributed by atoms with Crippen molar-refractivity contribution in [3.63, 3.8) is 0 Å². The van der Waals surface area contributed by atoms with E-state index in [1.165, 1.54) is 6.08 Å². The third-order valence-electron chi connectivity index (χ3n) is 1.61. The number of isocyanates is 1. The van der Waals surface area contributed by atoms with Crippen molar-refractivity contribution >= 4 is 12.0 Å². The van der Waals surface area contributed by atoms with Gasteiger partial charge in [0, 0.05) is 0 Å². The van der Waals surface area contributed by atoms with Gasteiger partial charge >= 0.3 is 5.97 Å². The molecule has 0 saturated carbocycles. The molecular formula is C8H11NO3. The van der Waals surface area contributed by atoms with Crippen LogP contribution in [0.25, 0.3) is 0 Å². The highest BCUT2D eigenvalue weighted by atomic mass is 16.4.